The van der Waals surface area contributed by atoms with Crippen LogP contribution in [-0.2, 0) is 6.42 Å². The van der Waals surface area contributed by atoms with Gasteiger partial charge in [-0.25, -0.2) is 0 Å². The van der Waals surface area contributed by atoms with Gasteiger partial charge in [-0.3, -0.25) is 9.79 Å². The molecule has 1 aliphatic rings. The molecular weight excluding hydrogens is 420 g/mol. The van der Waals surface area contributed by atoms with Crippen molar-refractivity contribution >= 4 is 40.8 Å². The highest BCUT2D eigenvalue weighted by atomic mass is 32.2. The Labute approximate surface area is 192 Å². The smallest absolute Gasteiger partial charge is 0.251 e. The Morgan fingerprint density at radius 3 is 2.55 bits per heavy atom. The second kappa shape index (κ2) is 9.75. The molecule has 0 aromatic heterocycles. The molecule has 158 valence electrons. The van der Waals surface area contributed by atoms with Gasteiger partial charge in [0.25, 0.3) is 5.91 Å². The van der Waals surface area contributed by atoms with Crippen LogP contribution in [0.5, 0.6) is 0 Å². The number of aliphatic imine (C=N–C) groups is 1. The molecule has 1 aliphatic heterocycles. The van der Waals surface area contributed by atoms with Crippen molar-refractivity contribution in [3.8, 4) is 0 Å². The summed E-state index contributed by atoms with van der Waals surface area (Å²) in [5.74, 6) is -0.0561. The summed E-state index contributed by atoms with van der Waals surface area (Å²) in [6, 6.07) is 20.8. The summed E-state index contributed by atoms with van der Waals surface area (Å²) < 4.78 is 0. The van der Waals surface area contributed by atoms with Crippen LogP contribution in [0, 0.1) is 6.92 Å². The lowest BCUT2D eigenvalue weighted by atomic mass is 10.0. The van der Waals surface area contributed by atoms with Gasteiger partial charge in [0.1, 0.15) is 0 Å². The molecule has 0 saturated carbocycles. The molecule has 31 heavy (non-hydrogen) atoms. The lowest BCUT2D eigenvalue weighted by Gasteiger charge is -2.09. The summed E-state index contributed by atoms with van der Waals surface area (Å²) in [7, 11) is 0. The Hall–Kier alpha value is -2.50. The van der Waals surface area contributed by atoms with Crippen molar-refractivity contribution < 1.29 is 4.79 Å². The van der Waals surface area contributed by atoms with Crippen molar-refractivity contribution in [3.63, 3.8) is 0 Å². The molecule has 0 spiro atoms. The van der Waals surface area contributed by atoms with Gasteiger partial charge in [-0.1, -0.05) is 42.4 Å². The van der Waals surface area contributed by atoms with Gasteiger partial charge in [-0.15, -0.1) is 11.8 Å². The number of carbonyl (C=O) groups is 1. The van der Waals surface area contributed by atoms with Crippen molar-refractivity contribution in [2.45, 2.75) is 41.4 Å². The van der Waals surface area contributed by atoms with E-state index in [1.165, 1.54) is 26.5 Å². The van der Waals surface area contributed by atoms with Crippen LogP contribution < -0.4 is 5.32 Å². The fourth-order valence-corrected chi connectivity index (χ4v) is 5.01. The zero-order valence-electron chi connectivity index (χ0n) is 18.1. The normalized spacial score (nSPS) is 12.4. The SMILES string of the molecule is CCC1=Nc2cc(C(=O)NCCc3ccc(SC)cc3)ccc2Sc2ccc(C)cc21. The van der Waals surface area contributed by atoms with E-state index in [-0.39, 0.29) is 5.91 Å². The Balaban J connectivity index is 1.49. The number of nitrogens with zero attached hydrogens (tertiary/aromatic N) is 1. The molecule has 0 bridgehead atoms. The van der Waals surface area contributed by atoms with Crippen molar-refractivity contribution in [2.24, 2.45) is 4.99 Å². The lowest BCUT2D eigenvalue weighted by molar-refractivity contribution is 0.0954. The zero-order valence-corrected chi connectivity index (χ0v) is 19.7. The van der Waals surface area contributed by atoms with Crippen LogP contribution in [0.4, 0.5) is 5.69 Å². The summed E-state index contributed by atoms with van der Waals surface area (Å²) in [6.45, 7) is 4.84. The van der Waals surface area contributed by atoms with Gasteiger partial charge in [0.05, 0.1) is 5.69 Å². The van der Waals surface area contributed by atoms with Crippen LogP contribution in [-0.4, -0.2) is 24.4 Å². The summed E-state index contributed by atoms with van der Waals surface area (Å²) in [5.41, 5.74) is 6.24. The predicted octanol–water partition coefficient (Wildman–Crippen LogP) is 6.68. The van der Waals surface area contributed by atoms with E-state index in [2.05, 4.69) is 67.9 Å². The number of benzene rings is 3. The monoisotopic (exact) mass is 446 g/mol. The average Bonchev–Trinajstić information content (AvgIpc) is 2.95. The van der Waals surface area contributed by atoms with Gasteiger partial charge in [0.15, 0.2) is 0 Å². The van der Waals surface area contributed by atoms with Gasteiger partial charge >= 0.3 is 0 Å². The first-order valence-corrected chi connectivity index (χ1v) is 12.5. The highest BCUT2D eigenvalue weighted by Gasteiger charge is 2.18. The minimum atomic E-state index is -0.0561. The topological polar surface area (TPSA) is 41.5 Å². The van der Waals surface area contributed by atoms with Crippen LogP contribution >= 0.6 is 23.5 Å². The van der Waals surface area contributed by atoms with Gasteiger partial charge in [0.2, 0.25) is 0 Å². The van der Waals surface area contributed by atoms with Gasteiger partial charge < -0.3 is 5.32 Å². The molecule has 3 aromatic carbocycles. The molecular formula is C26H26N2OS2. The van der Waals surface area contributed by atoms with Gasteiger partial charge in [-0.05, 0) is 74.0 Å². The van der Waals surface area contributed by atoms with E-state index < -0.39 is 0 Å². The Morgan fingerprint density at radius 2 is 1.81 bits per heavy atom. The average molecular weight is 447 g/mol. The maximum Gasteiger partial charge on any atom is 0.251 e. The second-order valence-corrected chi connectivity index (χ2v) is 9.51. The van der Waals surface area contributed by atoms with E-state index in [0.29, 0.717) is 12.1 Å². The van der Waals surface area contributed by atoms with Crippen LogP contribution in [0.25, 0.3) is 0 Å². The summed E-state index contributed by atoms with van der Waals surface area (Å²) in [6.07, 6.45) is 3.73. The molecule has 1 amide bonds. The van der Waals surface area contributed by atoms with Crippen LogP contribution in [0.3, 0.4) is 0 Å². The van der Waals surface area contributed by atoms with E-state index in [4.69, 9.17) is 4.99 Å². The third-order valence-corrected chi connectivity index (χ3v) is 7.22. The Bertz CT molecular complexity index is 1140. The largest absolute Gasteiger partial charge is 0.352 e. The number of hydrogen-bond donors (Lipinski definition) is 1. The molecule has 1 N–H and O–H groups in total. The minimum absolute atomic E-state index is 0.0561. The van der Waals surface area contributed by atoms with Crippen LogP contribution in [0.1, 0.15) is 40.4 Å². The van der Waals surface area contributed by atoms with E-state index in [9.17, 15) is 4.79 Å². The highest BCUT2D eigenvalue weighted by Crippen LogP contribution is 2.41. The first-order valence-electron chi connectivity index (χ1n) is 10.5. The summed E-state index contributed by atoms with van der Waals surface area (Å²) in [4.78, 5) is 21.2. The fraction of sp³-hybridized carbons (Fsp3) is 0.231. The van der Waals surface area contributed by atoms with E-state index in [0.717, 1.165) is 29.1 Å². The van der Waals surface area contributed by atoms with E-state index >= 15 is 0 Å². The van der Waals surface area contributed by atoms with Gasteiger partial charge in [-0.2, -0.15) is 0 Å². The summed E-state index contributed by atoms with van der Waals surface area (Å²) in [5, 5.41) is 3.05. The third kappa shape index (κ3) is 5.05. The molecule has 1 heterocycles. The number of nitrogens with one attached hydrogen (secondary N) is 1. The molecule has 4 rings (SSSR count). The summed E-state index contributed by atoms with van der Waals surface area (Å²) >= 11 is 3.45. The molecule has 0 saturated heterocycles. The number of fused-ring (bicyclic) bond motifs is 2. The van der Waals surface area contributed by atoms with Gasteiger partial charge in [0, 0.05) is 38.1 Å². The van der Waals surface area contributed by atoms with Crippen molar-refractivity contribution in [2.75, 3.05) is 12.8 Å². The van der Waals surface area contributed by atoms with Crippen LogP contribution in [0.2, 0.25) is 0 Å². The predicted molar refractivity (Wildman–Crippen MR) is 132 cm³/mol. The maximum atomic E-state index is 12.8. The van der Waals surface area contributed by atoms with E-state index in [1.54, 1.807) is 23.5 Å². The maximum absolute atomic E-state index is 12.8. The zero-order chi connectivity index (χ0) is 21.8. The van der Waals surface area contributed by atoms with Crippen LogP contribution in [0.15, 0.2) is 80.3 Å². The number of rotatable bonds is 6. The third-order valence-electron chi connectivity index (χ3n) is 5.34. The molecule has 0 fully saturated rings. The number of hydrogen-bond acceptors (Lipinski definition) is 4. The Kier molecular flexibility index (Phi) is 6.83. The first kappa shape index (κ1) is 21.7. The number of carbonyl (C=O) groups excluding carboxylic acids is 1. The first-order chi connectivity index (χ1) is 15.1. The Morgan fingerprint density at radius 1 is 1.03 bits per heavy atom. The van der Waals surface area contributed by atoms with Crippen molar-refractivity contribution in [1.29, 1.82) is 0 Å². The number of thioether (sulfide) groups is 1. The molecule has 0 aliphatic carbocycles. The second-order valence-electron chi connectivity index (χ2n) is 7.55. The minimum Gasteiger partial charge on any atom is -0.352 e. The quantitative estimate of drug-likeness (QED) is 0.429. The lowest BCUT2D eigenvalue weighted by Crippen LogP contribution is -2.25. The molecule has 5 heteroatoms. The molecule has 3 aromatic rings. The number of aryl methyl sites for hydroxylation is 1. The van der Waals surface area contributed by atoms with E-state index in [1.807, 2.05) is 18.2 Å². The molecule has 3 nitrogen and oxygen atoms in total. The molecule has 0 unspecified atom stereocenters. The van der Waals surface area contributed by atoms with Crippen molar-refractivity contribution in [3.05, 3.63) is 82.9 Å². The fourth-order valence-electron chi connectivity index (χ4n) is 3.60. The van der Waals surface area contributed by atoms with Crippen molar-refractivity contribution in [1.82, 2.24) is 5.32 Å². The highest BCUT2D eigenvalue weighted by molar-refractivity contribution is 7.99. The number of amides is 1. The molecule has 0 radical (unpaired) electrons. The standard InChI is InChI=1S/C26H26N2OS2/c1-4-22-21-15-17(2)5-11-24(21)31-25-12-8-19(16-23(25)28-22)26(29)27-14-13-18-6-9-20(30-3)10-7-18/h5-12,15-16H,4,13-14H2,1-3H3,(H,27,29). The molecule has 0 atom stereocenters.